The molecule has 0 aliphatic rings. The molecule has 9 heteroatoms. The van der Waals surface area contributed by atoms with Crippen LogP contribution < -0.4 is 16.4 Å². The van der Waals surface area contributed by atoms with Crippen LogP contribution in [-0.4, -0.2) is 25.5 Å². The number of hydrogen-bond acceptors (Lipinski definition) is 5. The number of H-pyrrole nitrogens is 1. The fourth-order valence-electron chi connectivity index (χ4n) is 3.24. The van der Waals surface area contributed by atoms with Crippen molar-refractivity contribution in [2.24, 2.45) is 0 Å². The quantitative estimate of drug-likeness (QED) is 0.421. The van der Waals surface area contributed by atoms with E-state index in [0.717, 1.165) is 5.56 Å². The third-order valence-electron chi connectivity index (χ3n) is 4.93. The maximum absolute atomic E-state index is 13.0. The number of aromatic amines is 1. The van der Waals surface area contributed by atoms with E-state index in [4.69, 9.17) is 0 Å². The zero-order valence-electron chi connectivity index (χ0n) is 17.3. The van der Waals surface area contributed by atoms with Crippen molar-refractivity contribution in [1.29, 1.82) is 0 Å². The SMILES string of the molecule is O=C(NCc1ccc(F)cc1)c1nc(-c2cccc(Cn3ccccc3=O)c2)[nH]c(=O)c1O. The van der Waals surface area contributed by atoms with Gasteiger partial charge in [-0.2, -0.15) is 0 Å². The smallest absolute Gasteiger partial charge is 0.294 e. The van der Waals surface area contributed by atoms with Crippen LogP contribution in [0.25, 0.3) is 11.4 Å². The summed E-state index contributed by atoms with van der Waals surface area (Å²) >= 11 is 0. The van der Waals surface area contributed by atoms with Gasteiger partial charge in [0.1, 0.15) is 11.6 Å². The minimum absolute atomic E-state index is 0.0592. The molecule has 1 amide bonds. The van der Waals surface area contributed by atoms with E-state index >= 15 is 0 Å². The van der Waals surface area contributed by atoms with Gasteiger partial charge in [0.25, 0.3) is 17.0 Å². The van der Waals surface area contributed by atoms with Gasteiger partial charge in [0.15, 0.2) is 5.69 Å². The summed E-state index contributed by atoms with van der Waals surface area (Å²) in [4.78, 5) is 43.4. The second-order valence-corrected chi connectivity index (χ2v) is 7.29. The number of carbonyl (C=O) groups is 1. The van der Waals surface area contributed by atoms with Crippen molar-refractivity contribution in [2.75, 3.05) is 0 Å². The first-order valence-electron chi connectivity index (χ1n) is 10.0. The molecule has 0 bridgehead atoms. The van der Waals surface area contributed by atoms with Gasteiger partial charge in [-0.25, -0.2) is 9.37 Å². The number of aromatic hydroxyl groups is 1. The Kier molecular flexibility index (Phi) is 6.12. The molecule has 4 rings (SSSR count). The average Bonchev–Trinajstić information content (AvgIpc) is 2.82. The summed E-state index contributed by atoms with van der Waals surface area (Å²) in [6.45, 7) is 0.366. The number of carbonyl (C=O) groups excluding carboxylic acids is 1. The van der Waals surface area contributed by atoms with Crippen LogP contribution in [-0.2, 0) is 13.1 Å². The molecule has 0 aliphatic carbocycles. The molecule has 8 nitrogen and oxygen atoms in total. The zero-order chi connectivity index (χ0) is 23.4. The van der Waals surface area contributed by atoms with E-state index in [0.29, 0.717) is 17.7 Å². The van der Waals surface area contributed by atoms with Crippen LogP contribution in [0.5, 0.6) is 5.75 Å². The Labute approximate surface area is 187 Å². The highest BCUT2D eigenvalue weighted by molar-refractivity contribution is 5.95. The summed E-state index contributed by atoms with van der Waals surface area (Å²) in [5.74, 6) is -1.87. The number of nitrogens with one attached hydrogen (secondary N) is 2. The van der Waals surface area contributed by atoms with E-state index in [-0.39, 0.29) is 17.9 Å². The summed E-state index contributed by atoms with van der Waals surface area (Å²) in [6, 6.07) is 17.4. The van der Waals surface area contributed by atoms with Gasteiger partial charge < -0.3 is 20.0 Å². The lowest BCUT2D eigenvalue weighted by atomic mass is 10.1. The molecule has 0 aliphatic heterocycles. The van der Waals surface area contributed by atoms with Crippen LogP contribution in [0.4, 0.5) is 4.39 Å². The normalized spacial score (nSPS) is 10.7. The van der Waals surface area contributed by atoms with E-state index in [2.05, 4.69) is 15.3 Å². The molecule has 0 spiro atoms. The molecule has 0 atom stereocenters. The molecule has 33 heavy (non-hydrogen) atoms. The fourth-order valence-corrected chi connectivity index (χ4v) is 3.24. The molecular formula is C24H19FN4O4. The standard InChI is InChI=1S/C24H19FN4O4/c25-18-9-7-15(8-10-18)13-26-23(32)20-21(31)24(33)28-22(27-20)17-5-3-4-16(12-17)14-29-11-2-1-6-19(29)30/h1-12,31H,13-14H2,(H,26,32)(H,27,28,33). The Morgan fingerprint density at radius 3 is 2.58 bits per heavy atom. The average molecular weight is 446 g/mol. The van der Waals surface area contributed by atoms with Crippen molar-refractivity contribution in [3.05, 3.63) is 116 Å². The van der Waals surface area contributed by atoms with Gasteiger partial charge in [-0.3, -0.25) is 14.4 Å². The number of benzene rings is 2. The fraction of sp³-hybridized carbons (Fsp3) is 0.0833. The number of halogens is 1. The minimum Gasteiger partial charge on any atom is -0.501 e. The van der Waals surface area contributed by atoms with Crippen molar-refractivity contribution in [2.45, 2.75) is 13.1 Å². The van der Waals surface area contributed by atoms with Gasteiger partial charge in [0.05, 0.1) is 6.54 Å². The predicted octanol–water partition coefficient (Wildman–Crippen LogP) is 2.42. The second-order valence-electron chi connectivity index (χ2n) is 7.29. The topological polar surface area (TPSA) is 117 Å². The highest BCUT2D eigenvalue weighted by atomic mass is 19.1. The number of aromatic nitrogens is 3. The highest BCUT2D eigenvalue weighted by Crippen LogP contribution is 2.19. The van der Waals surface area contributed by atoms with E-state index < -0.39 is 28.7 Å². The maximum atomic E-state index is 13.0. The highest BCUT2D eigenvalue weighted by Gasteiger charge is 2.18. The van der Waals surface area contributed by atoms with E-state index in [9.17, 15) is 23.9 Å². The molecule has 0 unspecified atom stereocenters. The van der Waals surface area contributed by atoms with Crippen LogP contribution in [0.1, 0.15) is 21.6 Å². The summed E-state index contributed by atoms with van der Waals surface area (Å²) in [5.41, 5.74) is 0.467. The third-order valence-corrected chi connectivity index (χ3v) is 4.93. The number of amides is 1. The van der Waals surface area contributed by atoms with Gasteiger partial charge in [-0.15, -0.1) is 0 Å². The van der Waals surface area contributed by atoms with Gasteiger partial charge in [-0.1, -0.05) is 36.4 Å². The van der Waals surface area contributed by atoms with Crippen LogP contribution >= 0.6 is 0 Å². The third kappa shape index (κ3) is 5.04. The summed E-state index contributed by atoms with van der Waals surface area (Å²) in [5, 5.41) is 12.7. The molecule has 2 aromatic heterocycles. The zero-order valence-corrected chi connectivity index (χ0v) is 17.3. The minimum atomic E-state index is -0.864. The lowest BCUT2D eigenvalue weighted by Gasteiger charge is -2.10. The van der Waals surface area contributed by atoms with Crippen LogP contribution in [0, 0.1) is 5.82 Å². The van der Waals surface area contributed by atoms with Gasteiger partial charge >= 0.3 is 0 Å². The molecule has 0 fully saturated rings. The van der Waals surface area contributed by atoms with Crippen molar-refractivity contribution < 1.29 is 14.3 Å². The van der Waals surface area contributed by atoms with Crippen LogP contribution in [0.15, 0.2) is 82.5 Å². The molecule has 4 aromatic rings. The molecule has 0 saturated heterocycles. The van der Waals surface area contributed by atoms with E-state index in [1.165, 1.54) is 34.9 Å². The van der Waals surface area contributed by atoms with Gasteiger partial charge in [0, 0.05) is 24.4 Å². The predicted molar refractivity (Wildman–Crippen MR) is 119 cm³/mol. The van der Waals surface area contributed by atoms with Crippen molar-refractivity contribution in [1.82, 2.24) is 19.9 Å². The Morgan fingerprint density at radius 1 is 1.03 bits per heavy atom. The molecule has 0 saturated carbocycles. The monoisotopic (exact) mass is 446 g/mol. The number of nitrogens with zero attached hydrogens (tertiary/aromatic N) is 2. The Balaban J connectivity index is 1.59. The Bertz CT molecular complexity index is 1430. The number of hydrogen-bond donors (Lipinski definition) is 3. The first-order chi connectivity index (χ1) is 15.9. The molecule has 2 heterocycles. The molecule has 3 N–H and O–H groups in total. The lowest BCUT2D eigenvalue weighted by molar-refractivity contribution is 0.0942. The summed E-state index contributed by atoms with van der Waals surface area (Å²) in [7, 11) is 0. The molecule has 0 radical (unpaired) electrons. The summed E-state index contributed by atoms with van der Waals surface area (Å²) in [6.07, 6.45) is 1.67. The Hall–Kier alpha value is -4.53. The Morgan fingerprint density at radius 2 is 1.82 bits per heavy atom. The van der Waals surface area contributed by atoms with Crippen molar-refractivity contribution in [3.8, 4) is 17.1 Å². The van der Waals surface area contributed by atoms with Gasteiger partial charge in [0.2, 0.25) is 5.75 Å². The summed E-state index contributed by atoms with van der Waals surface area (Å²) < 4.78 is 14.6. The molecule has 166 valence electrons. The maximum Gasteiger partial charge on any atom is 0.294 e. The second kappa shape index (κ2) is 9.31. The number of rotatable bonds is 6. The van der Waals surface area contributed by atoms with E-state index in [1.54, 1.807) is 36.5 Å². The molecular weight excluding hydrogens is 427 g/mol. The van der Waals surface area contributed by atoms with Crippen molar-refractivity contribution >= 4 is 5.91 Å². The first-order valence-corrected chi connectivity index (χ1v) is 10.0. The first kappa shape index (κ1) is 21.7. The van der Waals surface area contributed by atoms with Crippen LogP contribution in [0.3, 0.4) is 0 Å². The number of pyridine rings is 1. The largest absolute Gasteiger partial charge is 0.501 e. The van der Waals surface area contributed by atoms with Crippen LogP contribution in [0.2, 0.25) is 0 Å². The van der Waals surface area contributed by atoms with Crippen molar-refractivity contribution in [3.63, 3.8) is 0 Å². The lowest BCUT2D eigenvalue weighted by Crippen LogP contribution is -2.26. The van der Waals surface area contributed by atoms with Gasteiger partial charge in [-0.05, 0) is 35.4 Å². The van der Waals surface area contributed by atoms with E-state index in [1.807, 2.05) is 6.07 Å². The molecule has 2 aromatic carbocycles.